The fraction of sp³-hybridized carbons (Fsp3) is 0. The van der Waals surface area contributed by atoms with Crippen LogP contribution in [0.2, 0.25) is 0 Å². The molecule has 9 rings (SSSR count). The first-order chi connectivity index (χ1) is 23.8. The van der Waals surface area contributed by atoms with Gasteiger partial charge in [0.25, 0.3) is 0 Å². The van der Waals surface area contributed by atoms with Gasteiger partial charge in [-0.2, -0.15) is 0 Å². The third-order valence-electron chi connectivity index (χ3n) is 9.26. The number of nitrogens with zero attached hydrogens (tertiary/aromatic N) is 3. The zero-order chi connectivity index (χ0) is 31.9. The number of hydrogen-bond donors (Lipinski definition) is 0. The largest absolute Gasteiger partial charge is 0.310 e. The van der Waals surface area contributed by atoms with Crippen LogP contribution in [0.4, 0.5) is 17.1 Å². The third kappa shape index (κ3) is 4.81. The van der Waals surface area contributed by atoms with Crippen LogP contribution < -0.4 is 4.90 Å². The number of aromatic nitrogens is 2. The molecule has 0 aliphatic heterocycles. The molecule has 0 saturated heterocycles. The van der Waals surface area contributed by atoms with Gasteiger partial charge in [0, 0.05) is 40.4 Å². The van der Waals surface area contributed by atoms with Crippen molar-refractivity contribution in [3.05, 3.63) is 188 Å². The minimum Gasteiger partial charge on any atom is -0.310 e. The standard InChI is InChI=1S/C45H31N3/c1-3-10-32(11-4-1)33-18-22-38(23-19-33)47(39-26-28-46-29-27-39)40-16-9-15-36(30-40)37-20-24-41-44(31-37)48-42-17-8-7-12-34(42)21-25-43(48)45(41)35-13-5-2-6-14-35/h1-31H. The summed E-state index contributed by atoms with van der Waals surface area (Å²) in [6, 6.07) is 63.1. The Labute approximate surface area is 279 Å². The minimum atomic E-state index is 1.06. The Bertz CT molecular complexity index is 2540. The number of hydrogen-bond acceptors (Lipinski definition) is 2. The van der Waals surface area contributed by atoms with Crippen molar-refractivity contribution in [1.29, 1.82) is 0 Å². The summed E-state index contributed by atoms with van der Waals surface area (Å²) in [6.07, 6.45) is 3.70. The maximum absolute atomic E-state index is 4.30. The molecule has 6 aromatic carbocycles. The van der Waals surface area contributed by atoms with E-state index < -0.39 is 0 Å². The second-order valence-corrected chi connectivity index (χ2v) is 12.1. The van der Waals surface area contributed by atoms with Gasteiger partial charge in [-0.3, -0.25) is 4.98 Å². The maximum Gasteiger partial charge on any atom is 0.0547 e. The van der Waals surface area contributed by atoms with Crippen LogP contribution >= 0.6 is 0 Å². The first-order valence-corrected chi connectivity index (χ1v) is 16.3. The maximum atomic E-state index is 4.30. The molecule has 0 atom stereocenters. The average molecular weight is 614 g/mol. The van der Waals surface area contributed by atoms with Gasteiger partial charge >= 0.3 is 0 Å². The van der Waals surface area contributed by atoms with E-state index in [0.717, 1.165) is 22.6 Å². The lowest BCUT2D eigenvalue weighted by Crippen LogP contribution is -2.10. The van der Waals surface area contributed by atoms with Crippen LogP contribution in [0.3, 0.4) is 0 Å². The van der Waals surface area contributed by atoms with Gasteiger partial charge in [0.05, 0.1) is 16.6 Å². The van der Waals surface area contributed by atoms with Gasteiger partial charge < -0.3 is 9.30 Å². The molecule has 0 aliphatic carbocycles. The molecule has 0 fully saturated rings. The lowest BCUT2D eigenvalue weighted by molar-refractivity contribution is 1.24. The first-order valence-electron chi connectivity index (χ1n) is 16.3. The van der Waals surface area contributed by atoms with Crippen LogP contribution in [0.15, 0.2) is 188 Å². The fourth-order valence-electron chi connectivity index (χ4n) is 7.01. The normalized spacial score (nSPS) is 11.3. The molecule has 0 saturated carbocycles. The van der Waals surface area contributed by atoms with Crippen LogP contribution in [-0.4, -0.2) is 9.38 Å². The molecule has 0 aliphatic rings. The van der Waals surface area contributed by atoms with Gasteiger partial charge in [-0.25, -0.2) is 0 Å². The summed E-state index contributed by atoms with van der Waals surface area (Å²) in [4.78, 5) is 6.60. The zero-order valence-corrected chi connectivity index (χ0v) is 26.2. The molecule has 0 bridgehead atoms. The molecule has 0 radical (unpaired) electrons. The molecule has 226 valence electrons. The smallest absolute Gasteiger partial charge is 0.0547 e. The minimum absolute atomic E-state index is 1.06. The lowest BCUT2D eigenvalue weighted by Gasteiger charge is -2.26. The Kier molecular flexibility index (Phi) is 6.80. The fourth-order valence-corrected chi connectivity index (χ4v) is 7.01. The van der Waals surface area contributed by atoms with E-state index in [1.807, 2.05) is 12.4 Å². The van der Waals surface area contributed by atoms with Gasteiger partial charge in [0.15, 0.2) is 0 Å². The van der Waals surface area contributed by atoms with Gasteiger partial charge in [0.2, 0.25) is 0 Å². The summed E-state index contributed by atoms with van der Waals surface area (Å²) in [5, 5.41) is 2.47. The SMILES string of the molecule is c1ccc(-c2ccc(N(c3ccncc3)c3cccc(-c4ccc5c(-c6ccccc6)c6ccc7ccccc7n6c5c4)c3)cc2)cc1. The highest BCUT2D eigenvalue weighted by Gasteiger charge is 2.18. The van der Waals surface area contributed by atoms with Crippen molar-refractivity contribution in [3.63, 3.8) is 0 Å². The van der Waals surface area contributed by atoms with E-state index in [9.17, 15) is 0 Å². The van der Waals surface area contributed by atoms with E-state index in [2.05, 4.69) is 190 Å². The Hall–Kier alpha value is -6.45. The predicted molar refractivity (Wildman–Crippen MR) is 201 cm³/mol. The molecule has 3 heteroatoms. The second-order valence-electron chi connectivity index (χ2n) is 12.1. The van der Waals surface area contributed by atoms with E-state index in [1.165, 1.54) is 55.1 Å². The molecule has 0 unspecified atom stereocenters. The third-order valence-corrected chi connectivity index (χ3v) is 9.26. The Morgan fingerprint density at radius 2 is 1.00 bits per heavy atom. The predicted octanol–water partition coefficient (Wildman–Crippen LogP) is 12.1. The number of pyridine rings is 2. The molecule has 0 spiro atoms. The lowest BCUT2D eigenvalue weighted by atomic mass is 9.99. The van der Waals surface area contributed by atoms with Gasteiger partial charge in [-0.05, 0) is 87.8 Å². The monoisotopic (exact) mass is 613 g/mol. The van der Waals surface area contributed by atoms with E-state index in [1.54, 1.807) is 0 Å². The van der Waals surface area contributed by atoms with Crippen molar-refractivity contribution in [1.82, 2.24) is 9.38 Å². The Morgan fingerprint density at radius 1 is 0.375 bits per heavy atom. The summed E-state index contributed by atoms with van der Waals surface area (Å²) in [5.41, 5.74) is 14.1. The van der Waals surface area contributed by atoms with Crippen molar-refractivity contribution >= 4 is 44.4 Å². The molecular weight excluding hydrogens is 583 g/mol. The molecule has 0 amide bonds. The van der Waals surface area contributed by atoms with Gasteiger partial charge in [0.1, 0.15) is 0 Å². The van der Waals surface area contributed by atoms with E-state index in [0.29, 0.717) is 0 Å². The van der Waals surface area contributed by atoms with E-state index in [4.69, 9.17) is 0 Å². The van der Waals surface area contributed by atoms with Crippen LogP contribution in [0.25, 0.3) is 60.7 Å². The van der Waals surface area contributed by atoms with Gasteiger partial charge in [-0.15, -0.1) is 0 Å². The summed E-state index contributed by atoms with van der Waals surface area (Å²) in [5.74, 6) is 0. The topological polar surface area (TPSA) is 20.5 Å². The molecular formula is C45H31N3. The Balaban J connectivity index is 1.20. The highest BCUT2D eigenvalue weighted by atomic mass is 15.1. The van der Waals surface area contributed by atoms with Gasteiger partial charge in [-0.1, -0.05) is 121 Å². The van der Waals surface area contributed by atoms with E-state index in [-0.39, 0.29) is 0 Å². The first kappa shape index (κ1) is 27.8. The summed E-state index contributed by atoms with van der Waals surface area (Å²) in [7, 11) is 0. The number of para-hydroxylation sites is 1. The number of anilines is 3. The number of benzene rings is 6. The molecule has 3 aromatic heterocycles. The molecule has 48 heavy (non-hydrogen) atoms. The van der Waals surface area contributed by atoms with Crippen molar-refractivity contribution in [2.75, 3.05) is 4.90 Å². The number of fused-ring (bicyclic) bond motifs is 5. The summed E-state index contributed by atoms with van der Waals surface area (Å²) >= 11 is 0. The molecule has 0 N–H and O–H groups in total. The average Bonchev–Trinajstić information content (AvgIpc) is 3.51. The van der Waals surface area contributed by atoms with Crippen LogP contribution in [0.5, 0.6) is 0 Å². The van der Waals surface area contributed by atoms with Crippen molar-refractivity contribution in [3.8, 4) is 33.4 Å². The van der Waals surface area contributed by atoms with Crippen LogP contribution in [0, 0.1) is 0 Å². The zero-order valence-electron chi connectivity index (χ0n) is 26.2. The van der Waals surface area contributed by atoms with Crippen molar-refractivity contribution in [2.24, 2.45) is 0 Å². The summed E-state index contributed by atoms with van der Waals surface area (Å²) in [6.45, 7) is 0. The quantitative estimate of drug-likeness (QED) is 0.186. The number of rotatable bonds is 6. The van der Waals surface area contributed by atoms with Crippen LogP contribution in [-0.2, 0) is 0 Å². The molecule has 9 aromatic rings. The molecule has 3 nitrogen and oxygen atoms in total. The van der Waals surface area contributed by atoms with Crippen molar-refractivity contribution in [2.45, 2.75) is 0 Å². The highest BCUT2D eigenvalue weighted by Crippen LogP contribution is 2.41. The second kappa shape index (κ2) is 11.7. The summed E-state index contributed by atoms with van der Waals surface area (Å²) < 4.78 is 2.43. The van der Waals surface area contributed by atoms with Crippen LogP contribution in [0.1, 0.15) is 0 Å². The van der Waals surface area contributed by atoms with E-state index >= 15 is 0 Å². The Morgan fingerprint density at radius 3 is 1.79 bits per heavy atom. The molecule has 3 heterocycles. The van der Waals surface area contributed by atoms with Crippen molar-refractivity contribution < 1.29 is 0 Å². The highest BCUT2D eigenvalue weighted by molar-refractivity contribution is 6.09.